The number of rotatable bonds is 7. The fourth-order valence-electron chi connectivity index (χ4n) is 4.04. The normalized spacial score (nSPS) is 12.9. The van der Waals surface area contributed by atoms with Gasteiger partial charge in [-0.3, -0.25) is 14.9 Å². The molecular weight excluding hydrogens is 422 g/mol. The molecule has 2 aromatic carbocycles. The number of carboxylic acids is 1. The first-order chi connectivity index (χ1) is 15.9. The molecule has 0 saturated heterocycles. The van der Waals surface area contributed by atoms with E-state index < -0.39 is 24.0 Å². The largest absolute Gasteiger partial charge is 0.481 e. The highest BCUT2D eigenvalue weighted by Crippen LogP contribution is 2.44. The quantitative estimate of drug-likeness (QED) is 0.505. The van der Waals surface area contributed by atoms with E-state index in [-0.39, 0.29) is 30.3 Å². The first-order valence-electron chi connectivity index (χ1n) is 10.5. The van der Waals surface area contributed by atoms with Crippen molar-refractivity contribution in [1.29, 1.82) is 0 Å². The zero-order chi connectivity index (χ0) is 23.4. The molecule has 168 valence electrons. The van der Waals surface area contributed by atoms with Crippen molar-refractivity contribution in [2.45, 2.75) is 25.3 Å². The number of nitrogens with one attached hydrogen (secondary N) is 2. The van der Waals surface area contributed by atoms with Gasteiger partial charge in [-0.1, -0.05) is 48.5 Å². The predicted molar refractivity (Wildman–Crippen MR) is 122 cm³/mol. The van der Waals surface area contributed by atoms with E-state index in [2.05, 4.69) is 27.8 Å². The number of amides is 2. The maximum Gasteiger partial charge on any atom is 0.411 e. The number of carbonyl (C=O) groups excluding carboxylic acids is 2. The molecule has 33 heavy (non-hydrogen) atoms. The molecule has 0 aliphatic heterocycles. The van der Waals surface area contributed by atoms with Gasteiger partial charge in [0.05, 0.1) is 12.1 Å². The van der Waals surface area contributed by atoms with Gasteiger partial charge in [-0.15, -0.1) is 0 Å². The van der Waals surface area contributed by atoms with Crippen molar-refractivity contribution in [3.05, 3.63) is 83.7 Å². The number of anilines is 1. The third-order valence-corrected chi connectivity index (χ3v) is 5.46. The summed E-state index contributed by atoms with van der Waals surface area (Å²) >= 11 is 0. The number of ether oxygens (including phenoxy) is 1. The van der Waals surface area contributed by atoms with Gasteiger partial charge in [-0.25, -0.2) is 9.78 Å². The Balaban J connectivity index is 1.43. The molecule has 1 atom stereocenters. The van der Waals surface area contributed by atoms with Crippen molar-refractivity contribution in [2.24, 2.45) is 0 Å². The van der Waals surface area contributed by atoms with Crippen molar-refractivity contribution >= 4 is 23.7 Å². The second-order valence-corrected chi connectivity index (χ2v) is 7.82. The number of aliphatic carboxylic acids is 1. The average molecular weight is 445 g/mol. The summed E-state index contributed by atoms with van der Waals surface area (Å²) in [5, 5.41) is 14.0. The van der Waals surface area contributed by atoms with Crippen molar-refractivity contribution in [1.82, 2.24) is 10.3 Å². The number of pyridine rings is 1. The molecule has 0 unspecified atom stereocenters. The predicted octanol–water partition coefficient (Wildman–Crippen LogP) is 4.04. The van der Waals surface area contributed by atoms with Crippen LogP contribution < -0.4 is 10.6 Å². The van der Waals surface area contributed by atoms with E-state index in [1.807, 2.05) is 36.4 Å². The summed E-state index contributed by atoms with van der Waals surface area (Å²) in [6, 6.07) is 18.6. The molecule has 4 rings (SSSR count). The Hall–Kier alpha value is -4.20. The van der Waals surface area contributed by atoms with Crippen LogP contribution in [0, 0.1) is 0 Å². The maximum absolute atomic E-state index is 12.6. The Morgan fingerprint density at radius 3 is 2.27 bits per heavy atom. The van der Waals surface area contributed by atoms with E-state index in [9.17, 15) is 14.4 Å². The van der Waals surface area contributed by atoms with Gasteiger partial charge in [0.2, 0.25) is 0 Å². The summed E-state index contributed by atoms with van der Waals surface area (Å²) in [4.78, 5) is 40.0. The van der Waals surface area contributed by atoms with Crippen LogP contribution in [0.2, 0.25) is 0 Å². The van der Waals surface area contributed by atoms with Gasteiger partial charge in [-0.2, -0.15) is 0 Å². The van der Waals surface area contributed by atoms with Crippen LogP contribution in [0.4, 0.5) is 10.5 Å². The minimum Gasteiger partial charge on any atom is -0.481 e. The topological polar surface area (TPSA) is 118 Å². The van der Waals surface area contributed by atoms with Crippen LogP contribution >= 0.6 is 0 Å². The minimum atomic E-state index is -1.03. The van der Waals surface area contributed by atoms with E-state index in [1.165, 1.54) is 12.3 Å². The van der Waals surface area contributed by atoms with Gasteiger partial charge >= 0.3 is 12.1 Å². The number of hydrogen-bond acceptors (Lipinski definition) is 5. The smallest absolute Gasteiger partial charge is 0.411 e. The van der Waals surface area contributed by atoms with Gasteiger partial charge in [0.1, 0.15) is 6.61 Å². The van der Waals surface area contributed by atoms with E-state index in [0.717, 1.165) is 22.3 Å². The number of fused-ring (bicyclic) bond motifs is 3. The van der Waals surface area contributed by atoms with Gasteiger partial charge in [0.25, 0.3) is 5.91 Å². The van der Waals surface area contributed by atoms with Gasteiger partial charge in [0, 0.05) is 18.2 Å². The lowest BCUT2D eigenvalue weighted by molar-refractivity contribution is -0.137. The highest BCUT2D eigenvalue weighted by Gasteiger charge is 2.29. The molecule has 8 nitrogen and oxygen atoms in total. The minimum absolute atomic E-state index is 0.0248. The van der Waals surface area contributed by atoms with Crippen LogP contribution in [0.15, 0.2) is 66.9 Å². The number of benzene rings is 2. The van der Waals surface area contributed by atoms with E-state index in [4.69, 9.17) is 9.84 Å². The van der Waals surface area contributed by atoms with Crippen molar-refractivity contribution in [3.8, 4) is 11.1 Å². The van der Waals surface area contributed by atoms with E-state index >= 15 is 0 Å². The SMILES string of the molecule is C[C@H](CC(=O)O)NC(=O)c1ncccc1NC(=O)OCC1c2ccccc2-c2ccccc21. The lowest BCUT2D eigenvalue weighted by Gasteiger charge is -2.16. The zero-order valence-corrected chi connectivity index (χ0v) is 17.9. The average Bonchev–Trinajstić information content (AvgIpc) is 3.11. The molecule has 0 saturated carbocycles. The van der Waals surface area contributed by atoms with Gasteiger partial charge < -0.3 is 15.2 Å². The Labute approximate surface area is 190 Å². The Bertz CT molecular complexity index is 1160. The molecule has 1 aliphatic rings. The van der Waals surface area contributed by atoms with Crippen molar-refractivity contribution < 1.29 is 24.2 Å². The van der Waals surface area contributed by atoms with Crippen LogP contribution in [-0.2, 0) is 9.53 Å². The standard InChI is InChI=1S/C25H23N3O5/c1-15(13-22(29)30)27-24(31)23-21(11-6-12-26-23)28-25(32)33-14-20-18-9-4-2-7-16(18)17-8-3-5-10-19(17)20/h2-12,15,20H,13-14H2,1H3,(H,27,31)(H,28,32)(H,29,30)/t15-/m1/s1. The number of aromatic nitrogens is 1. The number of hydrogen-bond donors (Lipinski definition) is 3. The molecule has 2 amide bonds. The van der Waals surface area contributed by atoms with Crippen molar-refractivity contribution in [2.75, 3.05) is 11.9 Å². The lowest BCUT2D eigenvalue weighted by Crippen LogP contribution is -2.35. The van der Waals surface area contributed by atoms with Gasteiger partial charge in [0.15, 0.2) is 5.69 Å². The molecule has 3 N–H and O–H groups in total. The highest BCUT2D eigenvalue weighted by molar-refractivity contribution is 6.01. The van der Waals surface area contributed by atoms with Crippen molar-refractivity contribution in [3.63, 3.8) is 0 Å². The Kier molecular flexibility index (Phi) is 6.35. The Morgan fingerprint density at radius 2 is 1.64 bits per heavy atom. The third-order valence-electron chi connectivity index (χ3n) is 5.46. The summed E-state index contributed by atoms with van der Waals surface area (Å²) in [6.45, 7) is 1.71. The molecule has 1 aliphatic carbocycles. The van der Waals surface area contributed by atoms with Crippen LogP contribution in [0.3, 0.4) is 0 Å². The number of carboxylic acid groups (broad SMARTS) is 1. The fourth-order valence-corrected chi connectivity index (χ4v) is 4.04. The molecule has 3 aromatic rings. The highest BCUT2D eigenvalue weighted by atomic mass is 16.5. The molecule has 0 fully saturated rings. The maximum atomic E-state index is 12.6. The molecular formula is C25H23N3O5. The van der Waals surface area contributed by atoms with Crippen LogP contribution in [-0.4, -0.2) is 40.7 Å². The Morgan fingerprint density at radius 1 is 1.00 bits per heavy atom. The summed E-state index contributed by atoms with van der Waals surface area (Å²) < 4.78 is 5.52. The van der Waals surface area contributed by atoms with E-state index in [0.29, 0.717) is 0 Å². The molecule has 0 bridgehead atoms. The fraction of sp³-hybridized carbons (Fsp3) is 0.200. The van der Waals surface area contributed by atoms with E-state index in [1.54, 1.807) is 13.0 Å². The summed E-state index contributed by atoms with van der Waals surface area (Å²) in [5.41, 5.74) is 4.60. The second-order valence-electron chi connectivity index (χ2n) is 7.82. The number of carbonyl (C=O) groups is 3. The number of nitrogens with zero attached hydrogens (tertiary/aromatic N) is 1. The molecule has 1 heterocycles. The van der Waals surface area contributed by atoms with Crippen LogP contribution in [0.1, 0.15) is 40.9 Å². The zero-order valence-electron chi connectivity index (χ0n) is 17.9. The second kappa shape index (κ2) is 9.52. The monoisotopic (exact) mass is 445 g/mol. The summed E-state index contributed by atoms with van der Waals surface area (Å²) in [5.74, 6) is -1.70. The molecule has 1 aromatic heterocycles. The summed E-state index contributed by atoms with van der Waals surface area (Å²) in [6.07, 6.45) is 0.477. The van der Waals surface area contributed by atoms with Gasteiger partial charge in [-0.05, 0) is 41.3 Å². The summed E-state index contributed by atoms with van der Waals surface area (Å²) in [7, 11) is 0. The molecule has 0 radical (unpaired) electrons. The van der Waals surface area contributed by atoms with Crippen LogP contribution in [0.5, 0.6) is 0 Å². The third kappa shape index (κ3) is 4.85. The molecule has 8 heteroatoms. The van der Waals surface area contributed by atoms with Crippen LogP contribution in [0.25, 0.3) is 11.1 Å². The first-order valence-corrected chi connectivity index (χ1v) is 10.5. The first kappa shape index (κ1) is 22.0. The lowest BCUT2D eigenvalue weighted by atomic mass is 9.98. The molecule has 0 spiro atoms.